The van der Waals surface area contributed by atoms with Crippen LogP contribution in [0.4, 0.5) is 0 Å². The van der Waals surface area contributed by atoms with Gasteiger partial charge in [0.25, 0.3) is 0 Å². The number of amides is 2. The molecule has 0 aliphatic carbocycles. The molecule has 4 rings (SSSR count). The minimum absolute atomic E-state index is 0.138. The van der Waals surface area contributed by atoms with Crippen molar-refractivity contribution in [1.29, 1.82) is 0 Å². The van der Waals surface area contributed by atoms with Gasteiger partial charge in [0, 0.05) is 36.6 Å². The van der Waals surface area contributed by atoms with E-state index in [9.17, 15) is 9.59 Å². The van der Waals surface area contributed by atoms with Gasteiger partial charge in [-0.05, 0) is 35.6 Å². The summed E-state index contributed by atoms with van der Waals surface area (Å²) >= 11 is 0. The standard InChI is InChI=1S/C24H28N4O2/c1-2-11-25-23(29)22(13-18-15-26-20-10-6-5-9-19(18)20)28-24(30)21-12-16-7-3-4-8-17(16)14-27-21/h3-10,15,21-22,26-27H,2,11-14H2,1H3,(H,25,29)(H,28,30)/t21-,22-/m0/s1. The first kappa shape index (κ1) is 20.2. The Balaban J connectivity index is 1.50. The number of hydrogen-bond donors (Lipinski definition) is 4. The van der Waals surface area contributed by atoms with E-state index < -0.39 is 6.04 Å². The molecule has 0 saturated heterocycles. The number of carbonyl (C=O) groups excluding carboxylic acids is 2. The summed E-state index contributed by atoms with van der Waals surface area (Å²) in [7, 11) is 0. The number of benzene rings is 2. The van der Waals surface area contributed by atoms with Crippen molar-refractivity contribution >= 4 is 22.7 Å². The fourth-order valence-corrected chi connectivity index (χ4v) is 4.01. The molecule has 3 aromatic rings. The summed E-state index contributed by atoms with van der Waals surface area (Å²) in [5.74, 6) is -0.285. The van der Waals surface area contributed by atoms with Gasteiger partial charge in [0.2, 0.25) is 11.8 Å². The van der Waals surface area contributed by atoms with Gasteiger partial charge in [0.05, 0.1) is 6.04 Å². The lowest BCUT2D eigenvalue weighted by Gasteiger charge is -2.27. The van der Waals surface area contributed by atoms with Crippen molar-refractivity contribution in [3.63, 3.8) is 0 Å². The van der Waals surface area contributed by atoms with Crippen LogP contribution >= 0.6 is 0 Å². The lowest BCUT2D eigenvalue weighted by molar-refractivity contribution is -0.130. The van der Waals surface area contributed by atoms with Crippen LogP contribution in [0.2, 0.25) is 0 Å². The number of carbonyl (C=O) groups is 2. The monoisotopic (exact) mass is 404 g/mol. The van der Waals surface area contributed by atoms with E-state index in [1.54, 1.807) is 0 Å². The SMILES string of the molecule is CCCNC(=O)[C@H](Cc1c[nH]c2ccccc12)NC(=O)[C@@H]1Cc2ccccc2CN1. The van der Waals surface area contributed by atoms with Crippen LogP contribution in [0.5, 0.6) is 0 Å². The van der Waals surface area contributed by atoms with E-state index in [-0.39, 0.29) is 17.9 Å². The van der Waals surface area contributed by atoms with Crippen molar-refractivity contribution in [3.8, 4) is 0 Å². The zero-order chi connectivity index (χ0) is 20.9. The molecule has 2 heterocycles. The number of nitrogens with one attached hydrogen (secondary N) is 4. The topological polar surface area (TPSA) is 86.0 Å². The summed E-state index contributed by atoms with van der Waals surface area (Å²) in [6.07, 6.45) is 3.83. The number of para-hydroxylation sites is 1. The van der Waals surface area contributed by atoms with Gasteiger partial charge in [-0.15, -0.1) is 0 Å². The second-order valence-corrected chi connectivity index (χ2v) is 7.82. The van der Waals surface area contributed by atoms with Crippen LogP contribution in [0.3, 0.4) is 0 Å². The maximum atomic E-state index is 13.0. The highest BCUT2D eigenvalue weighted by Gasteiger charge is 2.28. The number of aromatic amines is 1. The largest absolute Gasteiger partial charge is 0.361 e. The summed E-state index contributed by atoms with van der Waals surface area (Å²) in [6.45, 7) is 3.26. The minimum Gasteiger partial charge on any atom is -0.361 e. The molecule has 0 unspecified atom stereocenters. The smallest absolute Gasteiger partial charge is 0.242 e. The summed E-state index contributed by atoms with van der Waals surface area (Å²) in [6, 6.07) is 15.2. The molecule has 4 N–H and O–H groups in total. The van der Waals surface area contributed by atoms with Crippen LogP contribution in [0, 0.1) is 0 Å². The highest BCUT2D eigenvalue weighted by Crippen LogP contribution is 2.20. The summed E-state index contributed by atoms with van der Waals surface area (Å²) < 4.78 is 0. The van der Waals surface area contributed by atoms with E-state index in [0.717, 1.165) is 22.9 Å². The Kier molecular flexibility index (Phi) is 6.14. The zero-order valence-electron chi connectivity index (χ0n) is 17.2. The highest BCUT2D eigenvalue weighted by atomic mass is 16.2. The average Bonchev–Trinajstić information content (AvgIpc) is 3.19. The maximum Gasteiger partial charge on any atom is 0.242 e. The fraction of sp³-hybridized carbons (Fsp3) is 0.333. The third kappa shape index (κ3) is 4.39. The molecule has 0 bridgehead atoms. The van der Waals surface area contributed by atoms with Gasteiger partial charge < -0.3 is 20.9 Å². The first-order valence-corrected chi connectivity index (χ1v) is 10.6. The van der Waals surface area contributed by atoms with Gasteiger partial charge in [0.1, 0.15) is 6.04 Å². The molecule has 0 radical (unpaired) electrons. The van der Waals surface area contributed by atoms with Gasteiger partial charge >= 0.3 is 0 Å². The number of H-pyrrole nitrogens is 1. The summed E-state index contributed by atoms with van der Waals surface area (Å²) in [5, 5.41) is 10.3. The molecule has 0 fully saturated rings. The molecule has 0 spiro atoms. The summed E-state index contributed by atoms with van der Waals surface area (Å²) in [5.41, 5.74) is 4.44. The van der Waals surface area contributed by atoms with Gasteiger partial charge in [0.15, 0.2) is 0 Å². The lowest BCUT2D eigenvalue weighted by Crippen LogP contribution is -2.55. The van der Waals surface area contributed by atoms with Crippen molar-refractivity contribution in [1.82, 2.24) is 20.9 Å². The second-order valence-electron chi connectivity index (χ2n) is 7.82. The molecule has 6 heteroatoms. The molecule has 2 aromatic carbocycles. The molecular weight excluding hydrogens is 376 g/mol. The van der Waals surface area contributed by atoms with Crippen molar-refractivity contribution in [3.05, 3.63) is 71.4 Å². The van der Waals surface area contributed by atoms with Crippen molar-refractivity contribution < 1.29 is 9.59 Å². The molecule has 1 aliphatic heterocycles. The average molecular weight is 405 g/mol. The van der Waals surface area contributed by atoms with E-state index in [2.05, 4.69) is 33.1 Å². The van der Waals surface area contributed by atoms with Crippen LogP contribution in [0.1, 0.15) is 30.0 Å². The normalized spacial score (nSPS) is 16.6. The van der Waals surface area contributed by atoms with E-state index in [0.29, 0.717) is 25.9 Å². The van der Waals surface area contributed by atoms with Crippen LogP contribution in [0.25, 0.3) is 10.9 Å². The lowest BCUT2D eigenvalue weighted by atomic mass is 9.95. The Morgan fingerprint density at radius 1 is 1.10 bits per heavy atom. The van der Waals surface area contributed by atoms with E-state index in [1.807, 2.05) is 49.5 Å². The Morgan fingerprint density at radius 3 is 2.70 bits per heavy atom. The Morgan fingerprint density at radius 2 is 1.87 bits per heavy atom. The fourth-order valence-electron chi connectivity index (χ4n) is 4.01. The van der Waals surface area contributed by atoms with Crippen molar-refractivity contribution in [2.75, 3.05) is 6.54 Å². The third-order valence-corrected chi connectivity index (χ3v) is 5.68. The molecule has 30 heavy (non-hydrogen) atoms. The van der Waals surface area contributed by atoms with Crippen LogP contribution in [-0.2, 0) is 29.0 Å². The molecule has 2 amide bonds. The van der Waals surface area contributed by atoms with Gasteiger partial charge in [-0.2, -0.15) is 0 Å². The third-order valence-electron chi connectivity index (χ3n) is 5.68. The molecular formula is C24H28N4O2. The zero-order valence-corrected chi connectivity index (χ0v) is 17.2. The molecule has 156 valence electrons. The predicted molar refractivity (Wildman–Crippen MR) is 118 cm³/mol. The van der Waals surface area contributed by atoms with Crippen LogP contribution in [-0.4, -0.2) is 35.4 Å². The molecule has 6 nitrogen and oxygen atoms in total. The molecule has 0 saturated carbocycles. The molecule has 1 aromatic heterocycles. The van der Waals surface area contributed by atoms with Crippen LogP contribution < -0.4 is 16.0 Å². The van der Waals surface area contributed by atoms with Crippen molar-refractivity contribution in [2.45, 2.75) is 44.8 Å². The number of fused-ring (bicyclic) bond motifs is 2. The number of aromatic nitrogens is 1. The van der Waals surface area contributed by atoms with Gasteiger partial charge in [-0.1, -0.05) is 49.4 Å². The van der Waals surface area contributed by atoms with Gasteiger partial charge in [-0.25, -0.2) is 0 Å². The van der Waals surface area contributed by atoms with E-state index in [4.69, 9.17) is 0 Å². The maximum absolute atomic E-state index is 13.0. The van der Waals surface area contributed by atoms with E-state index in [1.165, 1.54) is 11.1 Å². The summed E-state index contributed by atoms with van der Waals surface area (Å²) in [4.78, 5) is 29.1. The first-order chi connectivity index (χ1) is 14.7. The van der Waals surface area contributed by atoms with Crippen molar-refractivity contribution in [2.24, 2.45) is 0 Å². The Bertz CT molecular complexity index is 1040. The minimum atomic E-state index is -0.623. The second kappa shape index (κ2) is 9.13. The quantitative estimate of drug-likeness (QED) is 0.488. The van der Waals surface area contributed by atoms with Crippen LogP contribution in [0.15, 0.2) is 54.7 Å². The number of hydrogen-bond acceptors (Lipinski definition) is 3. The first-order valence-electron chi connectivity index (χ1n) is 10.6. The molecule has 2 atom stereocenters. The highest BCUT2D eigenvalue weighted by molar-refractivity contribution is 5.91. The van der Waals surface area contributed by atoms with E-state index >= 15 is 0 Å². The Labute approximate surface area is 176 Å². The Hall–Kier alpha value is -3.12. The van der Waals surface area contributed by atoms with Gasteiger partial charge in [-0.3, -0.25) is 9.59 Å². The predicted octanol–water partition coefficient (Wildman–Crippen LogP) is 2.44. The molecule has 1 aliphatic rings. The number of rotatable bonds is 7.